The first kappa shape index (κ1) is 25.1. The van der Waals surface area contributed by atoms with Gasteiger partial charge in [-0.2, -0.15) is 0 Å². The van der Waals surface area contributed by atoms with Gasteiger partial charge in [-0.25, -0.2) is 9.36 Å². The molecule has 38 heavy (non-hydrogen) atoms. The molecular formula is C31H26NO5P. The number of rotatable bonds is 9. The second-order valence-corrected chi connectivity index (χ2v) is 10.5. The number of ether oxygens (including phenoxy) is 1. The maximum atomic E-state index is 14.7. The van der Waals surface area contributed by atoms with Gasteiger partial charge >= 0.3 is 13.7 Å². The summed E-state index contributed by atoms with van der Waals surface area (Å²) in [5.74, 6) is -0.482. The van der Waals surface area contributed by atoms with E-state index in [9.17, 15) is 9.36 Å². The minimum atomic E-state index is -4.13. The Morgan fingerprint density at radius 1 is 0.658 bits per heavy atom. The first-order valence-corrected chi connectivity index (χ1v) is 13.8. The second-order valence-electron chi connectivity index (χ2n) is 8.56. The molecule has 1 amide bonds. The first-order valence-electron chi connectivity index (χ1n) is 12.1. The fourth-order valence-electron chi connectivity index (χ4n) is 3.98. The molecule has 190 valence electrons. The van der Waals surface area contributed by atoms with E-state index in [0.717, 1.165) is 16.3 Å². The Kier molecular flexibility index (Phi) is 7.72. The fraction of sp³-hybridized carbons (Fsp3) is 0.0645. The third-order valence-electron chi connectivity index (χ3n) is 5.82. The van der Waals surface area contributed by atoms with Crippen LogP contribution in [0.4, 0.5) is 4.79 Å². The third-order valence-corrected chi connectivity index (χ3v) is 7.81. The van der Waals surface area contributed by atoms with Crippen LogP contribution in [0.15, 0.2) is 133 Å². The molecule has 0 aliphatic carbocycles. The number of amides is 1. The summed E-state index contributed by atoms with van der Waals surface area (Å²) >= 11 is 0. The quantitative estimate of drug-likeness (QED) is 0.198. The smallest absolute Gasteiger partial charge is 0.445 e. The zero-order valence-electron chi connectivity index (χ0n) is 20.5. The highest BCUT2D eigenvalue weighted by Gasteiger charge is 2.42. The molecule has 0 spiro atoms. The van der Waals surface area contributed by atoms with E-state index in [0.29, 0.717) is 17.1 Å². The summed E-state index contributed by atoms with van der Waals surface area (Å²) in [5.41, 5.74) is 1.38. The van der Waals surface area contributed by atoms with Crippen LogP contribution in [0.5, 0.6) is 11.5 Å². The van der Waals surface area contributed by atoms with Crippen molar-refractivity contribution in [3.05, 3.63) is 145 Å². The number of fused-ring (bicyclic) bond motifs is 1. The average molecular weight is 524 g/mol. The number of benzene rings is 5. The molecule has 5 rings (SSSR count). The molecule has 1 N–H and O–H groups in total. The minimum absolute atomic E-state index is 0.0561. The SMILES string of the molecule is O=C(NC(c1ccc2ccccc2c1)P(=O)(Oc1ccccc1)Oc1ccccc1)OCc1ccccc1. The molecule has 0 fully saturated rings. The normalized spacial score (nSPS) is 11.9. The number of alkyl carbamates (subject to hydrolysis) is 1. The van der Waals surface area contributed by atoms with Crippen molar-refractivity contribution in [3.8, 4) is 11.5 Å². The van der Waals surface area contributed by atoms with Gasteiger partial charge in [0.15, 0.2) is 5.78 Å². The Morgan fingerprint density at radius 2 is 1.18 bits per heavy atom. The summed E-state index contributed by atoms with van der Waals surface area (Å²) in [6.45, 7) is 0.0561. The van der Waals surface area contributed by atoms with Gasteiger partial charge in [0.2, 0.25) is 0 Å². The van der Waals surface area contributed by atoms with Gasteiger partial charge in [0, 0.05) is 0 Å². The van der Waals surface area contributed by atoms with Crippen LogP contribution in [-0.4, -0.2) is 6.09 Å². The molecule has 0 bridgehead atoms. The lowest BCUT2D eigenvalue weighted by Gasteiger charge is -2.28. The van der Waals surface area contributed by atoms with E-state index < -0.39 is 19.5 Å². The molecule has 5 aromatic carbocycles. The number of carbonyl (C=O) groups excluding carboxylic acids is 1. The van der Waals surface area contributed by atoms with E-state index in [1.165, 1.54) is 0 Å². The van der Waals surface area contributed by atoms with Gasteiger partial charge in [-0.05, 0) is 52.2 Å². The van der Waals surface area contributed by atoms with Crippen LogP contribution in [0.2, 0.25) is 0 Å². The van der Waals surface area contributed by atoms with E-state index in [1.54, 1.807) is 54.6 Å². The average Bonchev–Trinajstić information content (AvgIpc) is 2.96. The molecule has 5 aromatic rings. The van der Waals surface area contributed by atoms with E-state index in [-0.39, 0.29) is 6.61 Å². The van der Waals surface area contributed by atoms with Crippen LogP contribution >= 0.6 is 7.60 Å². The van der Waals surface area contributed by atoms with Crippen molar-refractivity contribution < 1.29 is 23.1 Å². The maximum Gasteiger partial charge on any atom is 0.457 e. The first-order chi connectivity index (χ1) is 18.6. The molecule has 0 aliphatic rings. The minimum Gasteiger partial charge on any atom is -0.445 e. The Morgan fingerprint density at radius 3 is 1.79 bits per heavy atom. The highest BCUT2D eigenvalue weighted by molar-refractivity contribution is 7.55. The molecule has 0 saturated heterocycles. The molecule has 1 unspecified atom stereocenters. The van der Waals surface area contributed by atoms with Gasteiger partial charge in [-0.1, -0.05) is 103 Å². The lowest BCUT2D eigenvalue weighted by Crippen LogP contribution is -2.31. The zero-order chi connectivity index (χ0) is 26.2. The van der Waals surface area contributed by atoms with Crippen LogP contribution in [0.25, 0.3) is 10.8 Å². The van der Waals surface area contributed by atoms with Crippen LogP contribution in [0, 0.1) is 0 Å². The lowest BCUT2D eigenvalue weighted by molar-refractivity contribution is 0.137. The fourth-order valence-corrected chi connectivity index (χ4v) is 5.85. The van der Waals surface area contributed by atoms with Crippen molar-refractivity contribution in [1.82, 2.24) is 5.32 Å². The highest BCUT2D eigenvalue weighted by atomic mass is 31.2. The third kappa shape index (κ3) is 6.23. The molecule has 1 atom stereocenters. The summed E-state index contributed by atoms with van der Waals surface area (Å²) in [6.07, 6.45) is -0.749. The van der Waals surface area contributed by atoms with Crippen molar-refractivity contribution in [2.45, 2.75) is 12.4 Å². The molecule has 0 saturated carbocycles. The van der Waals surface area contributed by atoms with Crippen LogP contribution in [0.1, 0.15) is 16.9 Å². The van der Waals surface area contributed by atoms with Crippen LogP contribution < -0.4 is 14.4 Å². The van der Waals surface area contributed by atoms with Gasteiger partial charge in [0.1, 0.15) is 18.1 Å². The monoisotopic (exact) mass is 523 g/mol. The Hall–Kier alpha value is -4.54. The van der Waals surface area contributed by atoms with Crippen molar-refractivity contribution in [1.29, 1.82) is 0 Å². The van der Waals surface area contributed by atoms with Crippen molar-refractivity contribution in [3.63, 3.8) is 0 Å². The molecular weight excluding hydrogens is 497 g/mol. The second kappa shape index (κ2) is 11.7. The van der Waals surface area contributed by atoms with Gasteiger partial charge in [-0.15, -0.1) is 0 Å². The number of hydrogen-bond acceptors (Lipinski definition) is 5. The summed E-state index contributed by atoms with van der Waals surface area (Å²) in [7, 11) is -4.13. The predicted molar refractivity (Wildman–Crippen MR) is 148 cm³/mol. The Balaban J connectivity index is 1.53. The standard InChI is InChI=1S/C31H26NO5P/c33-31(35-23-24-12-4-1-5-13-24)32-30(27-21-20-25-14-10-11-15-26(25)22-27)38(34,36-28-16-6-2-7-17-28)37-29-18-8-3-9-19-29/h1-22,30H,23H2,(H,32,33). The lowest BCUT2D eigenvalue weighted by atomic mass is 10.1. The highest BCUT2D eigenvalue weighted by Crippen LogP contribution is 2.59. The Labute approximate surface area is 221 Å². The number of para-hydroxylation sites is 2. The van der Waals surface area contributed by atoms with E-state index in [1.807, 2.05) is 78.9 Å². The molecule has 0 aromatic heterocycles. The van der Waals surface area contributed by atoms with Crippen molar-refractivity contribution in [2.75, 3.05) is 0 Å². The molecule has 0 aliphatic heterocycles. The summed E-state index contributed by atoms with van der Waals surface area (Å²) < 4.78 is 32.3. The molecule has 7 heteroatoms. The van der Waals surface area contributed by atoms with Crippen molar-refractivity contribution in [2.24, 2.45) is 0 Å². The summed E-state index contributed by atoms with van der Waals surface area (Å²) in [6, 6.07) is 40.2. The summed E-state index contributed by atoms with van der Waals surface area (Å²) in [4.78, 5) is 13.0. The van der Waals surface area contributed by atoms with Crippen molar-refractivity contribution >= 4 is 24.5 Å². The molecule has 0 heterocycles. The van der Waals surface area contributed by atoms with Gasteiger partial charge in [0.25, 0.3) is 0 Å². The van der Waals surface area contributed by atoms with Crippen LogP contribution in [-0.2, 0) is 15.9 Å². The topological polar surface area (TPSA) is 73.9 Å². The van der Waals surface area contributed by atoms with Gasteiger partial charge in [-0.3, -0.25) is 0 Å². The Bertz CT molecular complexity index is 1500. The van der Waals surface area contributed by atoms with Gasteiger partial charge < -0.3 is 19.1 Å². The number of nitrogens with one attached hydrogen (secondary N) is 1. The predicted octanol–water partition coefficient (Wildman–Crippen LogP) is 8.12. The zero-order valence-corrected chi connectivity index (χ0v) is 21.4. The van der Waals surface area contributed by atoms with E-state index in [4.69, 9.17) is 13.8 Å². The summed E-state index contributed by atoms with van der Waals surface area (Å²) in [5, 5.41) is 4.70. The number of carbonyl (C=O) groups is 1. The van der Waals surface area contributed by atoms with Crippen LogP contribution in [0.3, 0.4) is 0 Å². The van der Waals surface area contributed by atoms with Gasteiger partial charge in [0.05, 0.1) is 0 Å². The molecule has 6 nitrogen and oxygen atoms in total. The van der Waals surface area contributed by atoms with E-state index in [2.05, 4.69) is 5.32 Å². The molecule has 0 radical (unpaired) electrons. The number of hydrogen-bond donors (Lipinski definition) is 1. The maximum absolute atomic E-state index is 14.7. The van der Waals surface area contributed by atoms with E-state index >= 15 is 0 Å². The largest absolute Gasteiger partial charge is 0.457 e.